The van der Waals surface area contributed by atoms with E-state index in [1.807, 2.05) is 30.3 Å². The van der Waals surface area contributed by atoms with E-state index >= 15 is 0 Å². The average molecular weight is 501 g/mol. The molecule has 4 aromatic rings. The number of hydrogen-bond acceptors (Lipinski definition) is 6. The van der Waals surface area contributed by atoms with Crippen molar-refractivity contribution in [3.05, 3.63) is 94.0 Å². The number of aromatic nitrogens is 1. The van der Waals surface area contributed by atoms with E-state index in [1.54, 1.807) is 12.1 Å². The maximum atomic E-state index is 12.2. The fraction of sp³-hybridized carbons (Fsp3) is 0.148. The van der Waals surface area contributed by atoms with E-state index in [-0.39, 0.29) is 10.8 Å². The number of nitrogens with one attached hydrogen (secondary N) is 2. The number of nitrogens with zero attached hydrogens (tertiary/aromatic N) is 2. The summed E-state index contributed by atoms with van der Waals surface area (Å²) in [6, 6.07) is 19.4. The lowest BCUT2D eigenvalue weighted by atomic mass is 9.98. The first kappa shape index (κ1) is 24.7. The zero-order valence-corrected chi connectivity index (χ0v) is 20.5. The molecule has 9 heteroatoms. The maximum Gasteiger partial charge on any atom is 0.270 e. The van der Waals surface area contributed by atoms with E-state index in [0.717, 1.165) is 23.1 Å². The molecule has 0 radical (unpaired) electrons. The number of nitro benzene ring substituents is 1. The molecule has 36 heavy (non-hydrogen) atoms. The molecule has 4 rings (SSSR count). The fourth-order valence-corrected chi connectivity index (χ4v) is 3.75. The number of benzene rings is 3. The summed E-state index contributed by atoms with van der Waals surface area (Å²) in [6.45, 7) is 4.35. The van der Waals surface area contributed by atoms with Gasteiger partial charge in [0.05, 0.1) is 4.92 Å². The van der Waals surface area contributed by atoms with Crippen LogP contribution in [0.15, 0.2) is 77.2 Å². The van der Waals surface area contributed by atoms with Gasteiger partial charge in [0.2, 0.25) is 11.8 Å². The number of carbonyl (C=O) groups is 1. The monoisotopic (exact) mass is 500 g/mol. The van der Waals surface area contributed by atoms with Gasteiger partial charge in [-0.05, 0) is 78.2 Å². The van der Waals surface area contributed by atoms with Crippen LogP contribution in [-0.4, -0.2) is 20.9 Å². The number of oxazole rings is 1. The standard InChI is InChI=1S/C27H24N4O4S/c1-3-17(2)20-10-13-24-23(16-20)29-26(35-24)19-8-11-21(12-9-19)28-27(36)30-25(32)14-7-18-5-4-6-22(15-18)31(33)34/h4-17H,3H2,1-2H3,(H2,28,30,32,36). The predicted molar refractivity (Wildman–Crippen MR) is 145 cm³/mol. The van der Waals surface area contributed by atoms with Crippen molar-refractivity contribution in [3.63, 3.8) is 0 Å². The van der Waals surface area contributed by atoms with Crippen LogP contribution in [0, 0.1) is 10.1 Å². The lowest BCUT2D eigenvalue weighted by Gasteiger charge is -2.08. The molecular weight excluding hydrogens is 476 g/mol. The molecule has 1 atom stereocenters. The van der Waals surface area contributed by atoms with Crippen LogP contribution in [0.4, 0.5) is 11.4 Å². The van der Waals surface area contributed by atoms with Crippen molar-refractivity contribution < 1.29 is 14.1 Å². The van der Waals surface area contributed by atoms with Gasteiger partial charge in [0, 0.05) is 29.5 Å². The number of anilines is 1. The van der Waals surface area contributed by atoms with Gasteiger partial charge in [0.1, 0.15) is 5.52 Å². The van der Waals surface area contributed by atoms with Gasteiger partial charge >= 0.3 is 0 Å². The van der Waals surface area contributed by atoms with Crippen molar-refractivity contribution in [1.29, 1.82) is 0 Å². The van der Waals surface area contributed by atoms with Gasteiger partial charge in [-0.3, -0.25) is 20.2 Å². The lowest BCUT2D eigenvalue weighted by molar-refractivity contribution is -0.384. The third-order valence-electron chi connectivity index (χ3n) is 5.73. The normalized spacial score (nSPS) is 11.9. The molecule has 0 aliphatic carbocycles. The summed E-state index contributed by atoms with van der Waals surface area (Å²) < 4.78 is 5.92. The second-order valence-corrected chi connectivity index (χ2v) is 8.67. The summed E-state index contributed by atoms with van der Waals surface area (Å²) in [5.74, 6) is 0.526. The number of carbonyl (C=O) groups excluding carboxylic acids is 1. The van der Waals surface area contributed by atoms with Gasteiger partial charge < -0.3 is 9.73 Å². The van der Waals surface area contributed by atoms with E-state index in [4.69, 9.17) is 16.6 Å². The van der Waals surface area contributed by atoms with Gasteiger partial charge in [0.25, 0.3) is 5.69 Å². The van der Waals surface area contributed by atoms with Crippen LogP contribution in [0.1, 0.15) is 37.3 Å². The number of non-ortho nitro benzene ring substituents is 1. The smallest absolute Gasteiger partial charge is 0.270 e. The summed E-state index contributed by atoms with van der Waals surface area (Å²) >= 11 is 5.21. The van der Waals surface area contributed by atoms with Gasteiger partial charge in [-0.25, -0.2) is 4.98 Å². The molecule has 182 valence electrons. The van der Waals surface area contributed by atoms with Gasteiger partial charge in [-0.2, -0.15) is 0 Å². The molecule has 3 aromatic carbocycles. The molecule has 2 N–H and O–H groups in total. The zero-order chi connectivity index (χ0) is 25.7. The van der Waals surface area contributed by atoms with Crippen molar-refractivity contribution in [3.8, 4) is 11.5 Å². The molecule has 1 aromatic heterocycles. The molecule has 1 amide bonds. The minimum Gasteiger partial charge on any atom is -0.436 e. The van der Waals surface area contributed by atoms with Crippen LogP contribution in [0.25, 0.3) is 28.6 Å². The van der Waals surface area contributed by atoms with Crippen molar-refractivity contribution in [2.24, 2.45) is 0 Å². The van der Waals surface area contributed by atoms with E-state index in [9.17, 15) is 14.9 Å². The molecular formula is C27H24N4O4S. The van der Waals surface area contributed by atoms with Crippen LogP contribution in [-0.2, 0) is 4.79 Å². The van der Waals surface area contributed by atoms with E-state index in [2.05, 4.69) is 41.6 Å². The summed E-state index contributed by atoms with van der Waals surface area (Å²) in [7, 11) is 0. The van der Waals surface area contributed by atoms with Crippen molar-refractivity contribution >= 4 is 51.8 Å². The van der Waals surface area contributed by atoms with Gasteiger partial charge in [-0.1, -0.05) is 32.0 Å². The van der Waals surface area contributed by atoms with Crippen molar-refractivity contribution in [2.45, 2.75) is 26.2 Å². The van der Waals surface area contributed by atoms with E-state index < -0.39 is 10.8 Å². The number of hydrogen-bond donors (Lipinski definition) is 2. The second kappa shape index (κ2) is 10.9. The lowest BCUT2D eigenvalue weighted by Crippen LogP contribution is -2.32. The number of nitro groups is 1. The van der Waals surface area contributed by atoms with Crippen molar-refractivity contribution in [2.75, 3.05) is 5.32 Å². The molecule has 0 spiro atoms. The minimum absolute atomic E-state index is 0.0492. The number of fused-ring (bicyclic) bond motifs is 1. The van der Waals surface area contributed by atoms with Crippen LogP contribution in [0.3, 0.4) is 0 Å². The SMILES string of the molecule is CCC(C)c1ccc2oc(-c3ccc(NC(=S)NC(=O)C=Cc4cccc([N+](=O)[O-])c4)cc3)nc2c1. The molecule has 0 fully saturated rings. The summed E-state index contributed by atoms with van der Waals surface area (Å²) in [4.78, 5) is 27.2. The van der Waals surface area contributed by atoms with Crippen LogP contribution >= 0.6 is 12.2 Å². The first-order chi connectivity index (χ1) is 17.3. The van der Waals surface area contributed by atoms with E-state index in [0.29, 0.717) is 23.1 Å². The Hall–Kier alpha value is -4.37. The first-order valence-corrected chi connectivity index (χ1v) is 11.8. The van der Waals surface area contributed by atoms with E-state index in [1.165, 1.54) is 29.8 Å². The highest BCUT2D eigenvalue weighted by Crippen LogP contribution is 2.28. The Labute approximate surface area is 213 Å². The third-order valence-corrected chi connectivity index (χ3v) is 5.93. The largest absolute Gasteiger partial charge is 0.436 e. The fourth-order valence-electron chi connectivity index (χ4n) is 3.54. The second-order valence-electron chi connectivity index (χ2n) is 8.26. The highest BCUT2D eigenvalue weighted by molar-refractivity contribution is 7.80. The molecule has 1 unspecified atom stereocenters. The van der Waals surface area contributed by atoms with Crippen LogP contribution in [0.2, 0.25) is 0 Å². The minimum atomic E-state index is -0.490. The molecule has 0 aliphatic rings. The maximum absolute atomic E-state index is 12.2. The molecule has 0 saturated heterocycles. The molecule has 0 aliphatic heterocycles. The topological polar surface area (TPSA) is 110 Å². The number of thiocarbonyl (C=S) groups is 1. The zero-order valence-electron chi connectivity index (χ0n) is 19.7. The van der Waals surface area contributed by atoms with Crippen LogP contribution in [0.5, 0.6) is 0 Å². The molecule has 1 heterocycles. The highest BCUT2D eigenvalue weighted by atomic mass is 32.1. The first-order valence-electron chi connectivity index (χ1n) is 11.4. The summed E-state index contributed by atoms with van der Waals surface area (Å²) in [6.07, 6.45) is 3.79. The Morgan fingerprint density at radius 1 is 1.17 bits per heavy atom. The van der Waals surface area contributed by atoms with Gasteiger partial charge in [-0.15, -0.1) is 0 Å². The molecule has 0 saturated carbocycles. The highest BCUT2D eigenvalue weighted by Gasteiger charge is 2.11. The Bertz CT molecular complexity index is 1460. The Morgan fingerprint density at radius 2 is 1.94 bits per heavy atom. The Morgan fingerprint density at radius 3 is 2.67 bits per heavy atom. The quantitative estimate of drug-likeness (QED) is 0.130. The molecule has 0 bridgehead atoms. The van der Waals surface area contributed by atoms with Crippen molar-refractivity contribution in [1.82, 2.24) is 10.3 Å². The Kier molecular flexibility index (Phi) is 7.50. The third kappa shape index (κ3) is 6.00. The number of amides is 1. The van der Waals surface area contributed by atoms with Gasteiger partial charge in [0.15, 0.2) is 10.7 Å². The van der Waals surface area contributed by atoms with Crippen LogP contribution < -0.4 is 10.6 Å². The number of rotatable bonds is 7. The Balaban J connectivity index is 1.36. The molecule has 8 nitrogen and oxygen atoms in total. The summed E-state index contributed by atoms with van der Waals surface area (Å²) in [5, 5.41) is 16.5. The summed E-state index contributed by atoms with van der Waals surface area (Å²) in [5.41, 5.74) is 4.78. The average Bonchev–Trinajstić information content (AvgIpc) is 3.31. The predicted octanol–water partition coefficient (Wildman–Crippen LogP) is 6.44.